The summed E-state index contributed by atoms with van der Waals surface area (Å²) in [4.78, 5) is 0. The van der Waals surface area contributed by atoms with E-state index in [0.717, 1.165) is 12.8 Å². The van der Waals surface area contributed by atoms with Crippen LogP contribution in [0.2, 0.25) is 0 Å². The van der Waals surface area contributed by atoms with E-state index in [9.17, 15) is 0 Å². The van der Waals surface area contributed by atoms with Crippen LogP contribution in [0.5, 0.6) is 0 Å². The molecule has 0 unspecified atom stereocenters. The summed E-state index contributed by atoms with van der Waals surface area (Å²) in [7, 11) is 0. The average molecular weight is 180 g/mol. The fourth-order valence-corrected chi connectivity index (χ4v) is 2.28. The van der Waals surface area contributed by atoms with E-state index in [2.05, 4.69) is 43.0 Å². The second-order valence-electron chi connectivity index (χ2n) is 3.98. The summed E-state index contributed by atoms with van der Waals surface area (Å²) in [6, 6.07) is 8.66. The molecule has 0 heterocycles. The molecule has 0 spiro atoms. The fourth-order valence-electron chi connectivity index (χ4n) is 2.28. The molecule has 0 atom stereocenters. The summed E-state index contributed by atoms with van der Waals surface area (Å²) < 4.78 is 0. The van der Waals surface area contributed by atoms with E-state index >= 15 is 0 Å². The third-order valence-electron chi connectivity index (χ3n) is 2.99. The van der Waals surface area contributed by atoms with E-state index < -0.39 is 0 Å². The van der Waals surface area contributed by atoms with Gasteiger partial charge in [0.1, 0.15) is 0 Å². The highest BCUT2D eigenvalue weighted by molar-refractivity contribution is 5.88. The Hall–Kier alpha value is -1.56. The maximum absolute atomic E-state index is 4.03. The van der Waals surface area contributed by atoms with Crippen molar-refractivity contribution in [2.45, 2.75) is 12.8 Å². The summed E-state index contributed by atoms with van der Waals surface area (Å²) in [5, 5.41) is 0. The molecule has 0 aliphatic heterocycles. The molecule has 0 fully saturated rings. The van der Waals surface area contributed by atoms with E-state index in [1.165, 1.54) is 27.8 Å². The van der Waals surface area contributed by atoms with Gasteiger partial charge in [0, 0.05) is 0 Å². The van der Waals surface area contributed by atoms with E-state index in [1.54, 1.807) is 0 Å². The van der Waals surface area contributed by atoms with Gasteiger partial charge in [0.25, 0.3) is 0 Å². The number of rotatable bonds is 0. The van der Waals surface area contributed by atoms with E-state index in [4.69, 9.17) is 0 Å². The van der Waals surface area contributed by atoms with Crippen LogP contribution in [-0.2, 0) is 6.42 Å². The normalized spacial score (nSPS) is 18.4. The molecule has 0 saturated heterocycles. The van der Waals surface area contributed by atoms with Crippen molar-refractivity contribution in [1.29, 1.82) is 0 Å². The number of allylic oxidation sites excluding steroid dienone is 5. The Labute approximate surface area is 84.3 Å². The van der Waals surface area contributed by atoms with Crippen molar-refractivity contribution in [2.24, 2.45) is 0 Å². The highest BCUT2D eigenvalue weighted by Crippen LogP contribution is 2.39. The van der Waals surface area contributed by atoms with Crippen LogP contribution in [0, 0.1) is 0 Å². The Bertz CT molecular complexity index is 473. The summed E-state index contributed by atoms with van der Waals surface area (Å²) in [5.41, 5.74) is 6.97. The minimum atomic E-state index is 1.02. The van der Waals surface area contributed by atoms with Crippen molar-refractivity contribution in [1.82, 2.24) is 0 Å². The van der Waals surface area contributed by atoms with Gasteiger partial charge in [-0.2, -0.15) is 0 Å². The van der Waals surface area contributed by atoms with Crippen molar-refractivity contribution >= 4 is 5.57 Å². The highest BCUT2D eigenvalue weighted by Gasteiger charge is 2.22. The first kappa shape index (κ1) is 7.81. The van der Waals surface area contributed by atoms with Gasteiger partial charge in [-0.3, -0.25) is 0 Å². The number of fused-ring (bicyclic) bond motifs is 3. The Morgan fingerprint density at radius 1 is 1.14 bits per heavy atom. The highest BCUT2D eigenvalue weighted by atomic mass is 14.3. The molecule has 1 aromatic carbocycles. The van der Waals surface area contributed by atoms with Crippen LogP contribution < -0.4 is 0 Å². The zero-order chi connectivity index (χ0) is 9.54. The standard InChI is InChI=1S/C14H12/c1-10-6-7-12-9-11-4-2-3-5-13(11)14(12)8-10/h2-5,7-8H,1,6,9H2. The molecular weight excluding hydrogens is 168 g/mol. The van der Waals surface area contributed by atoms with Gasteiger partial charge in [0.2, 0.25) is 0 Å². The Morgan fingerprint density at radius 3 is 2.93 bits per heavy atom. The molecule has 1 aromatic rings. The number of benzene rings is 1. The lowest BCUT2D eigenvalue weighted by molar-refractivity contribution is 1.19. The zero-order valence-electron chi connectivity index (χ0n) is 8.09. The zero-order valence-corrected chi connectivity index (χ0v) is 8.09. The SMILES string of the molecule is C=C1C=C2C(=CC1)Cc1ccccc12. The summed E-state index contributed by atoms with van der Waals surface area (Å²) in [6.45, 7) is 4.03. The first-order valence-corrected chi connectivity index (χ1v) is 5.02. The largest absolute Gasteiger partial charge is 0.0955 e. The molecule has 0 N–H and O–H groups in total. The van der Waals surface area contributed by atoms with Crippen LogP contribution >= 0.6 is 0 Å². The van der Waals surface area contributed by atoms with Crippen LogP contribution in [0.15, 0.2) is 54.1 Å². The van der Waals surface area contributed by atoms with Crippen molar-refractivity contribution in [3.63, 3.8) is 0 Å². The quantitative estimate of drug-likeness (QED) is 0.573. The van der Waals surface area contributed by atoms with Gasteiger partial charge < -0.3 is 0 Å². The lowest BCUT2D eigenvalue weighted by Gasteiger charge is -2.09. The predicted octanol–water partition coefficient (Wildman–Crippen LogP) is 3.51. The minimum absolute atomic E-state index is 1.02. The summed E-state index contributed by atoms with van der Waals surface area (Å²) >= 11 is 0. The van der Waals surface area contributed by atoms with Crippen LogP contribution in [0.1, 0.15) is 17.5 Å². The minimum Gasteiger partial charge on any atom is -0.0955 e. The lowest BCUT2D eigenvalue weighted by atomic mass is 9.95. The predicted molar refractivity (Wildman–Crippen MR) is 60.0 cm³/mol. The average Bonchev–Trinajstić information content (AvgIpc) is 2.56. The molecule has 0 bridgehead atoms. The van der Waals surface area contributed by atoms with Crippen molar-refractivity contribution in [2.75, 3.05) is 0 Å². The van der Waals surface area contributed by atoms with Gasteiger partial charge in [-0.05, 0) is 35.1 Å². The van der Waals surface area contributed by atoms with Gasteiger partial charge in [0.15, 0.2) is 0 Å². The third-order valence-corrected chi connectivity index (χ3v) is 2.99. The molecule has 0 nitrogen and oxygen atoms in total. The molecule has 0 heteroatoms. The Kier molecular flexibility index (Phi) is 1.51. The number of hydrogen-bond acceptors (Lipinski definition) is 0. The summed E-state index contributed by atoms with van der Waals surface area (Å²) in [6.07, 6.45) is 6.68. The first-order chi connectivity index (χ1) is 6.84. The van der Waals surface area contributed by atoms with E-state index in [0.29, 0.717) is 0 Å². The Balaban J connectivity index is 2.22. The van der Waals surface area contributed by atoms with Crippen molar-refractivity contribution in [3.05, 3.63) is 65.3 Å². The third kappa shape index (κ3) is 1.00. The second-order valence-corrected chi connectivity index (χ2v) is 3.98. The maximum atomic E-state index is 4.03. The molecule has 14 heavy (non-hydrogen) atoms. The maximum Gasteiger partial charge on any atom is -0.00165 e. The van der Waals surface area contributed by atoms with Crippen LogP contribution in [-0.4, -0.2) is 0 Å². The van der Waals surface area contributed by atoms with Crippen molar-refractivity contribution in [3.8, 4) is 0 Å². The van der Waals surface area contributed by atoms with Gasteiger partial charge in [0.05, 0.1) is 0 Å². The number of hydrogen-bond donors (Lipinski definition) is 0. The summed E-state index contributed by atoms with van der Waals surface area (Å²) in [5.74, 6) is 0. The van der Waals surface area contributed by atoms with E-state index in [1.807, 2.05) is 0 Å². The molecule has 2 aliphatic carbocycles. The second kappa shape index (κ2) is 2.71. The van der Waals surface area contributed by atoms with Crippen LogP contribution in [0.25, 0.3) is 5.57 Å². The molecule has 0 saturated carbocycles. The molecular formula is C14H12. The van der Waals surface area contributed by atoms with Crippen molar-refractivity contribution < 1.29 is 0 Å². The van der Waals surface area contributed by atoms with Gasteiger partial charge >= 0.3 is 0 Å². The fraction of sp³-hybridized carbons (Fsp3) is 0.143. The molecule has 68 valence electrons. The van der Waals surface area contributed by atoms with Crippen LogP contribution in [0.4, 0.5) is 0 Å². The molecule has 0 aromatic heterocycles. The first-order valence-electron chi connectivity index (χ1n) is 5.02. The monoisotopic (exact) mass is 180 g/mol. The van der Waals surface area contributed by atoms with E-state index in [-0.39, 0.29) is 0 Å². The van der Waals surface area contributed by atoms with Gasteiger partial charge in [-0.25, -0.2) is 0 Å². The molecule has 0 amide bonds. The smallest absolute Gasteiger partial charge is 0.00165 e. The molecule has 2 aliphatic rings. The lowest BCUT2D eigenvalue weighted by Crippen LogP contribution is -1.89. The molecule has 0 radical (unpaired) electrons. The molecule has 3 rings (SSSR count). The topological polar surface area (TPSA) is 0 Å². The van der Waals surface area contributed by atoms with Gasteiger partial charge in [-0.15, -0.1) is 0 Å². The Morgan fingerprint density at radius 2 is 2.00 bits per heavy atom. The van der Waals surface area contributed by atoms with Crippen LogP contribution in [0.3, 0.4) is 0 Å². The van der Waals surface area contributed by atoms with Gasteiger partial charge in [-0.1, -0.05) is 48.6 Å².